The average molecular weight is 540 g/mol. The lowest BCUT2D eigenvalue weighted by Gasteiger charge is -2.68. The van der Waals surface area contributed by atoms with Crippen LogP contribution in [0.2, 0.25) is 0 Å². The molecule has 0 spiro atoms. The Hall–Kier alpha value is -1.29. The first-order valence-electron chi connectivity index (χ1n) is 10.3. The number of thioether (sulfide) groups is 1. The predicted octanol–water partition coefficient (Wildman–Crippen LogP) is 3.02. The van der Waals surface area contributed by atoms with Crippen molar-refractivity contribution in [2.45, 2.75) is 71.8 Å². The van der Waals surface area contributed by atoms with E-state index in [-0.39, 0.29) is 29.2 Å². The molecule has 0 aromatic heterocycles. The molecule has 8 heteroatoms. The Balaban J connectivity index is 1.20. The molecule has 1 N–H and O–H groups in total. The molecule has 3 saturated carbocycles. The lowest BCUT2D eigenvalue weighted by Crippen LogP contribution is -2.71. The van der Waals surface area contributed by atoms with Crippen molar-refractivity contribution >= 4 is 52.1 Å². The van der Waals surface area contributed by atoms with Gasteiger partial charge in [0.2, 0.25) is 11.8 Å². The van der Waals surface area contributed by atoms with E-state index in [9.17, 15) is 14.4 Å². The molecule has 0 unspecified atom stereocenters. The molecule has 2 amide bonds. The maximum Gasteiger partial charge on any atom is 0.330 e. The molecule has 3 aliphatic carbocycles. The highest BCUT2D eigenvalue weighted by molar-refractivity contribution is 14.1. The van der Waals surface area contributed by atoms with Gasteiger partial charge in [-0.3, -0.25) is 9.59 Å². The minimum Gasteiger partial charge on any atom is -0.459 e. The van der Waals surface area contributed by atoms with Crippen LogP contribution in [0.3, 0.4) is 0 Å². The topological polar surface area (TPSA) is 75.7 Å². The molecule has 1 aromatic carbocycles. The Morgan fingerprint density at radius 2 is 1.90 bits per heavy atom. The second-order valence-corrected chi connectivity index (χ2v) is 13.8. The molecule has 2 heterocycles. The van der Waals surface area contributed by atoms with Gasteiger partial charge in [0.05, 0.1) is 0 Å². The number of nitrogens with one attached hydrogen (secondary N) is 1. The highest BCUT2D eigenvalue weighted by atomic mass is 127. The summed E-state index contributed by atoms with van der Waals surface area (Å²) >= 11 is 4.07. The minimum atomic E-state index is -0.645. The zero-order chi connectivity index (χ0) is 21.3. The molecule has 3 atom stereocenters. The summed E-state index contributed by atoms with van der Waals surface area (Å²) in [5.74, 6) is -0.617. The molecule has 2 saturated heterocycles. The summed E-state index contributed by atoms with van der Waals surface area (Å²) in [6, 6.07) is 8.31. The fourth-order valence-corrected chi connectivity index (χ4v) is 9.60. The van der Waals surface area contributed by atoms with Crippen LogP contribution in [0.25, 0.3) is 0 Å². The number of carbonyl (C=O) groups excluding carboxylic acids is 3. The number of ether oxygens (including phenoxy) is 1. The third-order valence-corrected chi connectivity index (χ3v) is 9.53. The Kier molecular flexibility index (Phi) is 4.71. The number of benzene rings is 1. The van der Waals surface area contributed by atoms with Crippen molar-refractivity contribution < 1.29 is 19.1 Å². The fourth-order valence-electron chi connectivity index (χ4n) is 5.55. The first-order valence-corrected chi connectivity index (χ1v) is 12.3. The van der Waals surface area contributed by atoms with Crippen LogP contribution in [-0.4, -0.2) is 48.3 Å². The predicted molar refractivity (Wildman–Crippen MR) is 122 cm³/mol. The lowest BCUT2D eigenvalue weighted by molar-refractivity contribution is -0.165. The van der Waals surface area contributed by atoms with Crippen molar-refractivity contribution in [2.75, 3.05) is 0 Å². The zero-order valence-electron chi connectivity index (χ0n) is 17.0. The van der Waals surface area contributed by atoms with E-state index in [0.717, 1.165) is 24.8 Å². The van der Waals surface area contributed by atoms with E-state index in [1.165, 1.54) is 0 Å². The van der Waals surface area contributed by atoms with Crippen molar-refractivity contribution in [1.29, 1.82) is 0 Å². The molecule has 6 nitrogen and oxygen atoms in total. The van der Waals surface area contributed by atoms with Crippen molar-refractivity contribution in [3.63, 3.8) is 0 Å². The fraction of sp³-hybridized carbons (Fsp3) is 0.591. The number of alkyl halides is 1. The van der Waals surface area contributed by atoms with Gasteiger partial charge in [0.15, 0.2) is 0 Å². The van der Waals surface area contributed by atoms with Crippen LogP contribution in [0, 0.1) is 5.41 Å². The van der Waals surface area contributed by atoms with Gasteiger partial charge in [-0.1, -0.05) is 52.9 Å². The highest BCUT2D eigenvalue weighted by Crippen LogP contribution is 2.73. The summed E-state index contributed by atoms with van der Waals surface area (Å²) in [5.41, 5.74) is 1.08. The summed E-state index contributed by atoms with van der Waals surface area (Å²) in [6.45, 7) is 4.10. The summed E-state index contributed by atoms with van der Waals surface area (Å²) < 4.78 is 5.49. The van der Waals surface area contributed by atoms with Crippen LogP contribution in [0.4, 0.5) is 0 Å². The Bertz CT molecular complexity index is 901. The maximum absolute atomic E-state index is 12.9. The third kappa shape index (κ3) is 3.25. The molecule has 1 aromatic rings. The van der Waals surface area contributed by atoms with Crippen molar-refractivity contribution in [3.8, 4) is 0 Å². The van der Waals surface area contributed by atoms with Gasteiger partial charge in [-0.15, -0.1) is 11.8 Å². The highest BCUT2D eigenvalue weighted by Gasteiger charge is 2.68. The largest absolute Gasteiger partial charge is 0.459 e. The van der Waals surface area contributed by atoms with E-state index in [1.807, 2.05) is 44.2 Å². The Morgan fingerprint density at radius 3 is 2.53 bits per heavy atom. The van der Waals surface area contributed by atoms with Gasteiger partial charge in [0.1, 0.15) is 24.1 Å². The van der Waals surface area contributed by atoms with Gasteiger partial charge in [-0.2, -0.15) is 0 Å². The molecule has 2 aliphatic heterocycles. The van der Waals surface area contributed by atoms with Crippen molar-refractivity contribution in [1.82, 2.24) is 10.2 Å². The van der Waals surface area contributed by atoms with Gasteiger partial charge < -0.3 is 15.0 Å². The molecule has 5 fully saturated rings. The number of carbonyl (C=O) groups is 3. The summed E-state index contributed by atoms with van der Waals surface area (Å²) in [5, 5.41) is 2.74. The summed E-state index contributed by atoms with van der Waals surface area (Å²) in [6.07, 6.45) is 3.84. The zero-order valence-corrected chi connectivity index (χ0v) is 20.0. The number of amides is 2. The van der Waals surface area contributed by atoms with E-state index < -0.39 is 22.8 Å². The molecule has 5 aliphatic rings. The molecule has 160 valence electrons. The van der Waals surface area contributed by atoms with E-state index in [2.05, 4.69) is 27.9 Å². The van der Waals surface area contributed by atoms with E-state index in [1.54, 1.807) is 16.7 Å². The van der Waals surface area contributed by atoms with Crippen LogP contribution in [0.5, 0.6) is 0 Å². The lowest BCUT2D eigenvalue weighted by atomic mass is 9.43. The van der Waals surface area contributed by atoms with Crippen LogP contribution < -0.4 is 5.32 Å². The van der Waals surface area contributed by atoms with Gasteiger partial charge in [-0.25, -0.2) is 4.79 Å². The summed E-state index contributed by atoms with van der Waals surface area (Å²) in [7, 11) is 0. The number of rotatable bonds is 6. The van der Waals surface area contributed by atoms with Crippen LogP contribution in [0.15, 0.2) is 30.3 Å². The van der Waals surface area contributed by atoms with Gasteiger partial charge >= 0.3 is 5.97 Å². The first-order chi connectivity index (χ1) is 14.1. The number of nitrogens with zero attached hydrogens (tertiary/aromatic N) is 1. The minimum absolute atomic E-state index is 0.0420. The smallest absolute Gasteiger partial charge is 0.330 e. The van der Waals surface area contributed by atoms with Crippen LogP contribution in [-0.2, 0) is 25.7 Å². The van der Waals surface area contributed by atoms with E-state index in [4.69, 9.17) is 4.74 Å². The van der Waals surface area contributed by atoms with Crippen LogP contribution >= 0.6 is 34.4 Å². The number of halogens is 1. The number of hydrogen-bond acceptors (Lipinski definition) is 5. The number of hydrogen-bond donors (Lipinski definition) is 1. The second-order valence-electron chi connectivity index (χ2n) is 9.76. The molecular formula is C22H25IN2O4S. The normalized spacial score (nSPS) is 37.4. The van der Waals surface area contributed by atoms with Gasteiger partial charge in [-0.05, 0) is 44.1 Å². The molecule has 6 rings (SSSR count). The van der Waals surface area contributed by atoms with Gasteiger partial charge in [0.25, 0.3) is 0 Å². The number of fused-ring (bicyclic) bond motifs is 1. The molecule has 30 heavy (non-hydrogen) atoms. The second kappa shape index (κ2) is 6.85. The number of esters is 1. The summed E-state index contributed by atoms with van der Waals surface area (Å²) in [4.78, 5) is 39.9. The number of β-lactam (4-membered cyclic amide) rings is 1. The van der Waals surface area contributed by atoms with Crippen molar-refractivity contribution in [3.05, 3.63) is 35.9 Å². The van der Waals surface area contributed by atoms with E-state index >= 15 is 0 Å². The van der Waals surface area contributed by atoms with E-state index in [0.29, 0.717) is 9.84 Å². The first kappa shape index (κ1) is 20.6. The Labute approximate surface area is 194 Å². The quantitative estimate of drug-likeness (QED) is 0.260. The Morgan fingerprint density at radius 1 is 1.23 bits per heavy atom. The molecule has 0 radical (unpaired) electrons. The standard InChI is InChI=1S/C22H25IN2O4S/c1-20(2)16(19(28)29-9-13-6-4-3-5-7-13)25-17(27)15(18(25)30-20)24-14(26)8-21-10-22(23,11-21)12-21/h3-7,15-16,18H,8-12H2,1-2H3,(H,24,26)/t15-,16+,18-,21?,22?/m1/s1. The third-order valence-electron chi connectivity index (χ3n) is 6.82. The monoisotopic (exact) mass is 540 g/mol. The van der Waals surface area contributed by atoms with Crippen LogP contribution in [0.1, 0.15) is 45.1 Å². The van der Waals surface area contributed by atoms with Crippen molar-refractivity contribution in [2.24, 2.45) is 5.41 Å². The average Bonchev–Trinajstić information content (AvgIpc) is 2.91. The maximum atomic E-state index is 12.9. The molecule has 2 bridgehead atoms. The van der Waals surface area contributed by atoms with Gasteiger partial charge in [0, 0.05) is 14.6 Å². The molecular weight excluding hydrogens is 515 g/mol. The SMILES string of the molecule is CC1(C)S[C@@H]2[C@H](NC(=O)CC34CC(I)(C3)C4)C(=O)N2[C@H]1C(=O)OCc1ccccc1.